The van der Waals surface area contributed by atoms with E-state index < -0.39 is 17.1 Å². The molecule has 0 aliphatic heterocycles. The lowest BCUT2D eigenvalue weighted by Gasteiger charge is -2.53. The average molecular weight is 474 g/mol. The fourth-order valence-electron chi connectivity index (χ4n) is 7.70. The number of benzene rings is 1. The van der Waals surface area contributed by atoms with Crippen molar-refractivity contribution in [3.8, 4) is 11.8 Å². The van der Waals surface area contributed by atoms with Crippen LogP contribution in [-0.4, -0.2) is 32.8 Å². The van der Waals surface area contributed by atoms with Crippen molar-refractivity contribution in [1.29, 1.82) is 0 Å². The van der Waals surface area contributed by atoms with Crippen molar-refractivity contribution >= 4 is 5.71 Å². The molecule has 186 valence electrons. The van der Waals surface area contributed by atoms with Crippen LogP contribution in [0.15, 0.2) is 52.2 Å². The Labute approximate surface area is 209 Å². The fourth-order valence-corrected chi connectivity index (χ4v) is 7.70. The van der Waals surface area contributed by atoms with Crippen molar-refractivity contribution < 1.29 is 15.4 Å². The number of hydrogen-bond acceptors (Lipinski definition) is 4. The number of hydrogen-bond donors (Lipinski definition) is 3. The van der Waals surface area contributed by atoms with E-state index in [-0.39, 0.29) is 17.3 Å². The second kappa shape index (κ2) is 8.36. The maximum absolute atomic E-state index is 11.8. The van der Waals surface area contributed by atoms with E-state index in [2.05, 4.69) is 75.0 Å². The minimum Gasteiger partial charge on any atom is -0.411 e. The van der Waals surface area contributed by atoms with Crippen LogP contribution in [0.1, 0.15) is 90.2 Å². The second-order valence-electron chi connectivity index (χ2n) is 12.4. The molecular formula is C31H39NO3. The van der Waals surface area contributed by atoms with Crippen LogP contribution in [0.3, 0.4) is 0 Å². The first-order valence-corrected chi connectivity index (χ1v) is 13.1. The summed E-state index contributed by atoms with van der Waals surface area (Å²) in [6, 6.07) is 9.05. The molecule has 2 fully saturated rings. The van der Waals surface area contributed by atoms with Crippen LogP contribution in [0.2, 0.25) is 0 Å². The quantitative estimate of drug-likeness (QED) is 0.271. The lowest BCUT2D eigenvalue weighted by atomic mass is 9.51. The van der Waals surface area contributed by atoms with Crippen LogP contribution in [0, 0.1) is 29.1 Å². The molecule has 4 aliphatic rings. The van der Waals surface area contributed by atoms with Gasteiger partial charge in [0.1, 0.15) is 0 Å². The Bertz CT molecular complexity index is 1170. The number of fused-ring (bicyclic) bond motifs is 4. The molecule has 5 rings (SSSR count). The van der Waals surface area contributed by atoms with E-state index in [4.69, 9.17) is 0 Å². The Kier molecular flexibility index (Phi) is 5.81. The van der Waals surface area contributed by atoms with Crippen LogP contribution >= 0.6 is 0 Å². The van der Waals surface area contributed by atoms with E-state index in [1.165, 1.54) is 27.8 Å². The minimum atomic E-state index is -1.40. The first-order chi connectivity index (χ1) is 16.5. The Balaban J connectivity index is 1.68. The van der Waals surface area contributed by atoms with Gasteiger partial charge in [-0.2, -0.15) is 0 Å². The van der Waals surface area contributed by atoms with E-state index >= 15 is 0 Å². The van der Waals surface area contributed by atoms with Crippen LogP contribution in [-0.2, 0) is 5.41 Å². The van der Waals surface area contributed by atoms with Gasteiger partial charge in [-0.05, 0) is 91.0 Å². The predicted octanol–water partition coefficient (Wildman–Crippen LogP) is 5.87. The molecule has 1 aromatic rings. The lowest BCUT2D eigenvalue weighted by molar-refractivity contribution is -0.0942. The molecule has 0 spiro atoms. The third-order valence-corrected chi connectivity index (χ3v) is 9.59. The summed E-state index contributed by atoms with van der Waals surface area (Å²) in [5.74, 6) is 6.65. The van der Waals surface area contributed by atoms with Gasteiger partial charge in [0.15, 0.2) is 5.60 Å². The third-order valence-electron chi connectivity index (χ3n) is 9.59. The molecule has 0 aromatic heterocycles. The molecule has 1 aromatic carbocycles. The molecule has 2 saturated carbocycles. The highest BCUT2D eigenvalue weighted by molar-refractivity contribution is 5.97. The topological polar surface area (TPSA) is 73.0 Å². The molecule has 0 heterocycles. The van der Waals surface area contributed by atoms with Gasteiger partial charge in [-0.3, -0.25) is 0 Å². The zero-order valence-corrected chi connectivity index (χ0v) is 21.7. The second-order valence-corrected chi connectivity index (χ2v) is 12.4. The van der Waals surface area contributed by atoms with Crippen molar-refractivity contribution in [1.82, 2.24) is 0 Å². The molecule has 0 saturated heterocycles. The molecule has 4 aliphatic carbocycles. The van der Waals surface area contributed by atoms with Crippen LogP contribution in [0.4, 0.5) is 0 Å². The van der Waals surface area contributed by atoms with Gasteiger partial charge in [-0.25, -0.2) is 0 Å². The van der Waals surface area contributed by atoms with E-state index in [9.17, 15) is 15.4 Å². The number of nitrogens with zero attached hydrogens (tertiary/aromatic N) is 1. The van der Waals surface area contributed by atoms with Crippen LogP contribution < -0.4 is 0 Å². The molecule has 6 atom stereocenters. The lowest BCUT2D eigenvalue weighted by Crippen LogP contribution is -2.54. The van der Waals surface area contributed by atoms with Crippen LogP contribution in [0.25, 0.3) is 0 Å². The first-order valence-electron chi connectivity index (χ1n) is 13.1. The average Bonchev–Trinajstić information content (AvgIpc) is 3.03. The number of aliphatic hydroxyl groups excluding tert-OH is 1. The van der Waals surface area contributed by atoms with Gasteiger partial charge < -0.3 is 15.4 Å². The summed E-state index contributed by atoms with van der Waals surface area (Å²) in [6.45, 7) is 10.6. The molecule has 4 nitrogen and oxygen atoms in total. The van der Waals surface area contributed by atoms with E-state index in [1.54, 1.807) is 6.92 Å². The number of rotatable bonds is 1. The molecule has 4 heteroatoms. The van der Waals surface area contributed by atoms with Crippen molar-refractivity contribution in [3.63, 3.8) is 0 Å². The Morgan fingerprint density at radius 1 is 1.09 bits per heavy atom. The Morgan fingerprint density at radius 3 is 2.43 bits per heavy atom. The maximum Gasteiger partial charge on any atom is 0.156 e. The highest BCUT2D eigenvalue weighted by atomic mass is 16.4. The molecular weight excluding hydrogens is 434 g/mol. The first kappa shape index (κ1) is 24.3. The van der Waals surface area contributed by atoms with Gasteiger partial charge in [-0.1, -0.05) is 68.6 Å². The van der Waals surface area contributed by atoms with Crippen molar-refractivity contribution in [3.05, 3.63) is 58.2 Å². The number of aliphatic hydroxyl groups is 2. The molecule has 3 N–H and O–H groups in total. The SMILES string of the molecule is CC#C[C@@]1(O)[C@H](O)C[C@H]2[C@@H]3CCC4=C/C(=N/O)CCC4=C3[C@@H](c3ccc(C(C)(C)C)cc3)C[C@@]21C. The molecule has 0 unspecified atom stereocenters. The summed E-state index contributed by atoms with van der Waals surface area (Å²) >= 11 is 0. The van der Waals surface area contributed by atoms with Gasteiger partial charge in [0.05, 0.1) is 11.8 Å². The van der Waals surface area contributed by atoms with Crippen molar-refractivity contribution in [2.75, 3.05) is 0 Å². The molecule has 0 amide bonds. The normalized spacial score (nSPS) is 37.7. The van der Waals surface area contributed by atoms with E-state index in [0.717, 1.165) is 37.8 Å². The summed E-state index contributed by atoms with van der Waals surface area (Å²) in [5, 5.41) is 35.8. The summed E-state index contributed by atoms with van der Waals surface area (Å²) < 4.78 is 0. The summed E-state index contributed by atoms with van der Waals surface area (Å²) in [6.07, 6.45) is 6.16. The fraction of sp³-hybridized carbons (Fsp3) is 0.581. The minimum absolute atomic E-state index is 0.0866. The molecule has 0 bridgehead atoms. The number of oxime groups is 1. The van der Waals surface area contributed by atoms with Crippen molar-refractivity contribution in [2.24, 2.45) is 22.4 Å². The van der Waals surface area contributed by atoms with Gasteiger partial charge in [0.25, 0.3) is 0 Å². The summed E-state index contributed by atoms with van der Waals surface area (Å²) in [7, 11) is 0. The van der Waals surface area contributed by atoms with Crippen LogP contribution in [0.5, 0.6) is 0 Å². The summed E-state index contributed by atoms with van der Waals surface area (Å²) in [5.41, 5.74) is 5.77. The third kappa shape index (κ3) is 3.62. The monoisotopic (exact) mass is 473 g/mol. The van der Waals surface area contributed by atoms with E-state index in [0.29, 0.717) is 12.3 Å². The van der Waals surface area contributed by atoms with Gasteiger partial charge in [-0.15, -0.1) is 5.92 Å². The highest BCUT2D eigenvalue weighted by Crippen LogP contribution is 2.66. The van der Waals surface area contributed by atoms with Gasteiger partial charge in [0, 0.05) is 11.3 Å². The number of allylic oxidation sites excluding steroid dienone is 4. The molecule has 35 heavy (non-hydrogen) atoms. The zero-order valence-electron chi connectivity index (χ0n) is 21.7. The van der Waals surface area contributed by atoms with E-state index in [1.807, 2.05) is 0 Å². The smallest absolute Gasteiger partial charge is 0.156 e. The van der Waals surface area contributed by atoms with Gasteiger partial charge >= 0.3 is 0 Å². The highest BCUT2D eigenvalue weighted by Gasteiger charge is 2.66. The maximum atomic E-state index is 11.8. The predicted molar refractivity (Wildman–Crippen MR) is 139 cm³/mol. The summed E-state index contributed by atoms with van der Waals surface area (Å²) in [4.78, 5) is 0. The Morgan fingerprint density at radius 2 is 1.80 bits per heavy atom. The standard InChI is InChI=1S/C31H39NO3/c1-6-15-31(34)27(33)17-26-24-13-9-20-16-22(32-35)12-14-23(20)28(24)25(18-30(26,31)5)19-7-10-21(11-8-19)29(2,3)4/h7-8,10-11,16,24-27,33-35H,9,12-14,17-18H2,1-5H3/b32-22+/t24-,25+,26-,27+,30-,31+/m0/s1. The zero-order chi connectivity index (χ0) is 25.2. The molecule has 0 radical (unpaired) electrons. The van der Waals surface area contributed by atoms with Crippen molar-refractivity contribution in [2.45, 2.75) is 96.2 Å². The Hall–Kier alpha value is -2.35. The van der Waals surface area contributed by atoms with Gasteiger partial charge in [0.2, 0.25) is 0 Å². The largest absolute Gasteiger partial charge is 0.411 e.